The molecule has 1 aliphatic carbocycles. The van der Waals surface area contributed by atoms with Crippen LogP contribution in [-0.2, 0) is 14.3 Å². The molecule has 8 heteroatoms. The van der Waals surface area contributed by atoms with E-state index in [0.717, 1.165) is 17.7 Å². The highest BCUT2D eigenvalue weighted by Crippen LogP contribution is 2.32. The van der Waals surface area contributed by atoms with Gasteiger partial charge in [-0.25, -0.2) is 4.79 Å². The molecule has 1 aliphatic heterocycles. The van der Waals surface area contributed by atoms with Crippen LogP contribution in [-0.4, -0.2) is 61.5 Å². The van der Waals surface area contributed by atoms with Crippen molar-refractivity contribution in [3.63, 3.8) is 0 Å². The van der Waals surface area contributed by atoms with Crippen LogP contribution in [0.1, 0.15) is 57.3 Å². The second-order valence-electron chi connectivity index (χ2n) is 7.14. The lowest BCUT2D eigenvalue weighted by molar-refractivity contribution is -0.125. The Bertz CT molecular complexity index is 802. The Morgan fingerprint density at radius 3 is 2.61 bits per heavy atom. The molecule has 8 nitrogen and oxygen atoms in total. The molecule has 0 aromatic heterocycles. The number of fused-ring (bicyclic) bond motifs is 1. The Morgan fingerprint density at radius 1 is 1.21 bits per heavy atom. The minimum absolute atomic E-state index is 0.0684. The van der Waals surface area contributed by atoms with E-state index in [2.05, 4.69) is 5.32 Å². The number of ether oxygens (including phenoxy) is 2. The summed E-state index contributed by atoms with van der Waals surface area (Å²) in [5.41, 5.74) is 0.556. The predicted molar refractivity (Wildman–Crippen MR) is 98.9 cm³/mol. The molecule has 1 heterocycles. The molecule has 0 saturated heterocycles. The summed E-state index contributed by atoms with van der Waals surface area (Å²) in [5, 5.41) is 2.80. The van der Waals surface area contributed by atoms with Crippen LogP contribution in [0, 0.1) is 5.92 Å². The molecule has 28 heavy (non-hydrogen) atoms. The molecule has 0 bridgehead atoms. The maximum Gasteiger partial charge on any atom is 0.338 e. The number of nitrogens with one attached hydrogen (secondary N) is 1. The van der Waals surface area contributed by atoms with Gasteiger partial charge in [-0.05, 0) is 50.3 Å². The van der Waals surface area contributed by atoms with Crippen LogP contribution in [0.25, 0.3) is 0 Å². The van der Waals surface area contributed by atoms with Crippen LogP contribution >= 0.6 is 0 Å². The number of carbonyl (C=O) groups is 4. The van der Waals surface area contributed by atoms with Gasteiger partial charge in [0.2, 0.25) is 0 Å². The minimum atomic E-state index is -0.713. The van der Waals surface area contributed by atoms with E-state index in [1.807, 2.05) is 6.92 Å². The smallest absolute Gasteiger partial charge is 0.338 e. The summed E-state index contributed by atoms with van der Waals surface area (Å²) < 4.78 is 9.98. The fourth-order valence-electron chi connectivity index (χ4n) is 3.21. The zero-order valence-electron chi connectivity index (χ0n) is 16.0. The number of amides is 3. The Labute approximate surface area is 163 Å². The largest absolute Gasteiger partial charge is 0.452 e. The van der Waals surface area contributed by atoms with Gasteiger partial charge in [0.25, 0.3) is 17.7 Å². The fraction of sp³-hybridized carbons (Fsp3) is 0.500. The highest BCUT2D eigenvalue weighted by atomic mass is 16.5. The quantitative estimate of drug-likeness (QED) is 0.390. The monoisotopic (exact) mass is 388 g/mol. The second-order valence-corrected chi connectivity index (χ2v) is 7.14. The van der Waals surface area contributed by atoms with Gasteiger partial charge in [-0.1, -0.05) is 0 Å². The maximum absolute atomic E-state index is 12.5. The number of benzene rings is 1. The van der Waals surface area contributed by atoms with Gasteiger partial charge in [-0.3, -0.25) is 19.3 Å². The molecule has 1 aromatic carbocycles. The average Bonchev–Trinajstić information content (AvgIpc) is 3.50. The topological polar surface area (TPSA) is 102 Å². The third kappa shape index (κ3) is 4.39. The zero-order chi connectivity index (χ0) is 20.3. The van der Waals surface area contributed by atoms with Crippen LogP contribution in [0.5, 0.6) is 0 Å². The molecular formula is C20H24N2O6. The van der Waals surface area contributed by atoms with Crippen LogP contribution in [0.15, 0.2) is 18.2 Å². The van der Waals surface area contributed by atoms with Gasteiger partial charge in [0.1, 0.15) is 0 Å². The molecule has 0 unspecified atom stereocenters. The summed E-state index contributed by atoms with van der Waals surface area (Å²) >= 11 is 0. The first kappa shape index (κ1) is 20.0. The third-order valence-corrected chi connectivity index (χ3v) is 4.99. The first-order valence-corrected chi connectivity index (χ1v) is 9.38. The summed E-state index contributed by atoms with van der Waals surface area (Å²) in [7, 11) is 1.55. The zero-order valence-corrected chi connectivity index (χ0v) is 16.0. The van der Waals surface area contributed by atoms with E-state index in [9.17, 15) is 19.2 Å². The van der Waals surface area contributed by atoms with Crippen LogP contribution in [0.4, 0.5) is 0 Å². The molecule has 150 valence electrons. The van der Waals surface area contributed by atoms with Crippen molar-refractivity contribution < 1.29 is 28.7 Å². The number of rotatable bonds is 9. The van der Waals surface area contributed by atoms with Crippen molar-refractivity contribution in [1.82, 2.24) is 10.2 Å². The third-order valence-electron chi connectivity index (χ3n) is 4.99. The Hall–Kier alpha value is -2.74. The van der Waals surface area contributed by atoms with Crippen molar-refractivity contribution in [2.24, 2.45) is 5.92 Å². The van der Waals surface area contributed by atoms with Crippen molar-refractivity contribution in [3.05, 3.63) is 34.9 Å². The molecule has 1 aromatic rings. The summed E-state index contributed by atoms with van der Waals surface area (Å²) in [6.07, 6.45) is 2.74. The number of carbonyl (C=O) groups excluding carboxylic acids is 4. The molecule has 1 fully saturated rings. The van der Waals surface area contributed by atoms with Crippen molar-refractivity contribution in [2.75, 3.05) is 26.9 Å². The molecule has 1 N–H and O–H groups in total. The van der Waals surface area contributed by atoms with Crippen LogP contribution in [0.2, 0.25) is 0 Å². The molecule has 2 aliphatic rings. The van der Waals surface area contributed by atoms with Crippen LogP contribution in [0.3, 0.4) is 0 Å². The molecule has 3 amide bonds. The van der Waals surface area contributed by atoms with Crippen molar-refractivity contribution >= 4 is 23.7 Å². The molecule has 0 spiro atoms. The Morgan fingerprint density at radius 2 is 1.93 bits per heavy atom. The molecule has 1 saturated carbocycles. The van der Waals surface area contributed by atoms with Crippen molar-refractivity contribution in [1.29, 1.82) is 0 Å². The fourth-order valence-corrected chi connectivity index (χ4v) is 3.21. The number of hydrogen-bond donors (Lipinski definition) is 1. The number of hydrogen-bond acceptors (Lipinski definition) is 6. The first-order valence-electron chi connectivity index (χ1n) is 9.38. The highest BCUT2D eigenvalue weighted by Gasteiger charge is 2.35. The van der Waals surface area contributed by atoms with Crippen molar-refractivity contribution in [3.8, 4) is 0 Å². The van der Waals surface area contributed by atoms with E-state index in [0.29, 0.717) is 18.9 Å². The summed E-state index contributed by atoms with van der Waals surface area (Å²) in [6.45, 7) is 2.23. The Balaban J connectivity index is 1.59. The van der Waals surface area contributed by atoms with Crippen LogP contribution < -0.4 is 5.32 Å². The molecular weight excluding hydrogens is 364 g/mol. The van der Waals surface area contributed by atoms with Gasteiger partial charge < -0.3 is 14.8 Å². The summed E-state index contributed by atoms with van der Waals surface area (Å²) in [5.74, 6) is -1.39. The normalized spacial score (nSPS) is 16.7. The number of nitrogens with zero attached hydrogens (tertiary/aromatic N) is 1. The van der Waals surface area contributed by atoms with Gasteiger partial charge in [0.15, 0.2) is 6.61 Å². The van der Waals surface area contributed by atoms with E-state index in [1.54, 1.807) is 7.11 Å². The Kier molecular flexibility index (Phi) is 6.08. The average molecular weight is 388 g/mol. The predicted octanol–water partition coefficient (Wildman–Crippen LogP) is 1.39. The maximum atomic E-state index is 12.5. The lowest BCUT2D eigenvalue weighted by Crippen LogP contribution is -2.37. The van der Waals surface area contributed by atoms with Gasteiger partial charge in [0, 0.05) is 26.3 Å². The lowest BCUT2D eigenvalue weighted by Gasteiger charge is -2.13. The second kappa shape index (κ2) is 8.52. The summed E-state index contributed by atoms with van der Waals surface area (Å²) in [6, 6.07) is 4.28. The molecule has 0 radical (unpaired) electrons. The lowest BCUT2D eigenvalue weighted by atomic mass is 10.1. The molecule has 1 atom stereocenters. The van der Waals surface area contributed by atoms with E-state index < -0.39 is 11.9 Å². The minimum Gasteiger partial charge on any atom is -0.452 e. The van der Waals surface area contributed by atoms with Crippen molar-refractivity contribution in [2.45, 2.75) is 32.2 Å². The number of esters is 1. The summed E-state index contributed by atoms with van der Waals surface area (Å²) in [4.78, 5) is 50.1. The first-order chi connectivity index (χ1) is 13.4. The number of imide groups is 1. The molecule has 3 rings (SSSR count). The highest BCUT2D eigenvalue weighted by molar-refractivity contribution is 6.21. The van der Waals surface area contributed by atoms with Gasteiger partial charge in [-0.2, -0.15) is 0 Å². The van der Waals surface area contributed by atoms with E-state index in [4.69, 9.17) is 9.47 Å². The van der Waals surface area contributed by atoms with E-state index >= 15 is 0 Å². The van der Waals surface area contributed by atoms with Gasteiger partial charge >= 0.3 is 5.97 Å². The van der Waals surface area contributed by atoms with Gasteiger partial charge in [-0.15, -0.1) is 0 Å². The SMILES string of the molecule is COCCCN1C(=O)c2ccc(C(=O)OCC(=O)N[C@H](C)C3CC3)cc2C1=O. The standard InChI is InChI=1S/C20H24N2O6/c1-12(13-4-5-13)21-17(23)11-28-20(26)14-6-7-15-16(10-14)19(25)22(18(15)24)8-3-9-27-2/h6-7,10,12-13H,3-5,8-9,11H2,1-2H3,(H,21,23)/t12-/m1/s1. The van der Waals surface area contributed by atoms with E-state index in [-0.39, 0.29) is 47.7 Å². The van der Waals surface area contributed by atoms with Gasteiger partial charge in [0.05, 0.1) is 16.7 Å². The number of methoxy groups -OCH3 is 1. The van der Waals surface area contributed by atoms with E-state index in [1.165, 1.54) is 18.2 Å².